The molecular formula is C12H20N6. The lowest BCUT2D eigenvalue weighted by molar-refractivity contribution is 0.531. The molecule has 1 N–H and O–H groups in total. The van der Waals surface area contributed by atoms with Crippen LogP contribution in [0.5, 0.6) is 0 Å². The van der Waals surface area contributed by atoms with Crippen molar-refractivity contribution in [3.63, 3.8) is 0 Å². The third-order valence-corrected chi connectivity index (χ3v) is 2.84. The molecule has 2 rings (SSSR count). The van der Waals surface area contributed by atoms with Crippen LogP contribution in [0, 0.1) is 0 Å². The van der Waals surface area contributed by atoms with E-state index in [1.165, 1.54) is 5.56 Å². The van der Waals surface area contributed by atoms with E-state index in [1.54, 1.807) is 6.33 Å². The minimum atomic E-state index is 0.414. The average molecular weight is 248 g/mol. The van der Waals surface area contributed by atoms with Gasteiger partial charge < -0.3 is 9.88 Å². The molecular weight excluding hydrogens is 228 g/mol. The molecule has 0 unspecified atom stereocenters. The van der Waals surface area contributed by atoms with Crippen LogP contribution in [0.3, 0.4) is 0 Å². The van der Waals surface area contributed by atoms with Crippen molar-refractivity contribution >= 4 is 0 Å². The van der Waals surface area contributed by atoms with Crippen molar-refractivity contribution in [2.75, 3.05) is 6.54 Å². The van der Waals surface area contributed by atoms with Gasteiger partial charge in [-0.3, -0.25) is 4.68 Å². The molecule has 0 atom stereocenters. The minimum Gasteiger partial charge on any atom is -0.321 e. The Morgan fingerprint density at radius 3 is 2.83 bits per heavy atom. The fourth-order valence-electron chi connectivity index (χ4n) is 1.72. The van der Waals surface area contributed by atoms with Crippen LogP contribution in [-0.2, 0) is 20.0 Å². The smallest absolute Gasteiger partial charge is 0.133 e. The van der Waals surface area contributed by atoms with Gasteiger partial charge in [0.2, 0.25) is 0 Å². The van der Waals surface area contributed by atoms with Gasteiger partial charge in [0, 0.05) is 44.4 Å². The summed E-state index contributed by atoms with van der Waals surface area (Å²) in [6, 6.07) is 0.414. The molecule has 6 nitrogen and oxygen atoms in total. The minimum absolute atomic E-state index is 0.414. The van der Waals surface area contributed by atoms with Crippen molar-refractivity contribution < 1.29 is 0 Å². The standard InChI is InChI=1S/C12H20N6/c1-10(2)18-8-11(7-15-18)6-13-5-4-12-16-14-9-17(12)3/h7-10,13H,4-6H2,1-3H3. The third kappa shape index (κ3) is 3.16. The number of nitrogens with one attached hydrogen (secondary N) is 1. The molecule has 6 heteroatoms. The van der Waals surface area contributed by atoms with Crippen LogP contribution < -0.4 is 5.32 Å². The molecule has 2 aromatic heterocycles. The van der Waals surface area contributed by atoms with Crippen molar-refractivity contribution in [3.8, 4) is 0 Å². The fourth-order valence-corrected chi connectivity index (χ4v) is 1.72. The van der Waals surface area contributed by atoms with Crippen molar-refractivity contribution in [1.82, 2.24) is 29.9 Å². The molecule has 0 amide bonds. The highest BCUT2D eigenvalue weighted by Crippen LogP contribution is 2.04. The number of hydrogen-bond donors (Lipinski definition) is 1. The Labute approximate surface area is 107 Å². The summed E-state index contributed by atoms with van der Waals surface area (Å²) in [5.41, 5.74) is 1.21. The van der Waals surface area contributed by atoms with Gasteiger partial charge in [0.15, 0.2) is 0 Å². The highest BCUT2D eigenvalue weighted by Gasteiger charge is 2.02. The lowest BCUT2D eigenvalue weighted by Crippen LogP contribution is -2.18. The van der Waals surface area contributed by atoms with E-state index in [2.05, 4.69) is 40.7 Å². The molecule has 0 bridgehead atoms. The van der Waals surface area contributed by atoms with Crippen molar-refractivity contribution in [3.05, 3.63) is 30.1 Å². The van der Waals surface area contributed by atoms with Crippen LogP contribution in [0.15, 0.2) is 18.7 Å². The molecule has 2 aromatic rings. The summed E-state index contributed by atoms with van der Waals surface area (Å²) in [5.74, 6) is 1.00. The maximum Gasteiger partial charge on any atom is 0.133 e. The first kappa shape index (κ1) is 12.8. The molecule has 0 saturated heterocycles. The molecule has 98 valence electrons. The van der Waals surface area contributed by atoms with Crippen LogP contribution in [0.1, 0.15) is 31.3 Å². The summed E-state index contributed by atoms with van der Waals surface area (Å²) in [6.45, 7) is 5.97. The normalized spacial score (nSPS) is 11.3. The van der Waals surface area contributed by atoms with Gasteiger partial charge in [0.25, 0.3) is 0 Å². The summed E-state index contributed by atoms with van der Waals surface area (Å²) in [7, 11) is 1.96. The predicted molar refractivity (Wildman–Crippen MR) is 69.0 cm³/mol. The topological polar surface area (TPSA) is 60.6 Å². The molecule has 0 saturated carbocycles. The van der Waals surface area contributed by atoms with E-state index in [1.807, 2.05) is 22.5 Å². The van der Waals surface area contributed by atoms with E-state index < -0.39 is 0 Å². The Morgan fingerprint density at radius 1 is 1.39 bits per heavy atom. The van der Waals surface area contributed by atoms with E-state index in [-0.39, 0.29) is 0 Å². The van der Waals surface area contributed by atoms with Crippen LogP contribution in [-0.4, -0.2) is 31.1 Å². The zero-order valence-electron chi connectivity index (χ0n) is 11.2. The van der Waals surface area contributed by atoms with E-state index in [9.17, 15) is 0 Å². The van der Waals surface area contributed by atoms with Gasteiger partial charge >= 0.3 is 0 Å². The van der Waals surface area contributed by atoms with E-state index in [0.29, 0.717) is 6.04 Å². The van der Waals surface area contributed by atoms with Gasteiger partial charge in [0.1, 0.15) is 12.2 Å². The number of aromatic nitrogens is 5. The number of hydrogen-bond acceptors (Lipinski definition) is 4. The molecule has 0 aliphatic rings. The first-order chi connectivity index (χ1) is 8.66. The van der Waals surface area contributed by atoms with Gasteiger partial charge in [-0.1, -0.05) is 0 Å². The summed E-state index contributed by atoms with van der Waals surface area (Å²) in [6.07, 6.45) is 6.60. The molecule has 2 heterocycles. The molecule has 0 fully saturated rings. The Hall–Kier alpha value is -1.69. The van der Waals surface area contributed by atoms with Gasteiger partial charge in [-0.2, -0.15) is 5.10 Å². The number of rotatable bonds is 6. The second-order valence-electron chi connectivity index (χ2n) is 4.71. The van der Waals surface area contributed by atoms with Gasteiger partial charge in [-0.15, -0.1) is 10.2 Å². The highest BCUT2D eigenvalue weighted by molar-refractivity contribution is 5.03. The monoisotopic (exact) mass is 248 g/mol. The number of nitrogens with zero attached hydrogens (tertiary/aromatic N) is 5. The zero-order valence-corrected chi connectivity index (χ0v) is 11.2. The maximum absolute atomic E-state index is 4.31. The lowest BCUT2D eigenvalue weighted by Gasteiger charge is -2.04. The summed E-state index contributed by atoms with van der Waals surface area (Å²) in [4.78, 5) is 0. The van der Waals surface area contributed by atoms with Crippen LogP contribution in [0.4, 0.5) is 0 Å². The first-order valence-electron chi connectivity index (χ1n) is 6.23. The van der Waals surface area contributed by atoms with E-state index in [0.717, 1.165) is 25.3 Å². The predicted octanol–water partition coefficient (Wildman–Crippen LogP) is 0.925. The summed E-state index contributed by atoms with van der Waals surface area (Å²) < 4.78 is 3.91. The number of aryl methyl sites for hydroxylation is 1. The third-order valence-electron chi connectivity index (χ3n) is 2.84. The summed E-state index contributed by atoms with van der Waals surface area (Å²) in [5, 5.41) is 15.6. The van der Waals surface area contributed by atoms with Crippen LogP contribution in [0.2, 0.25) is 0 Å². The van der Waals surface area contributed by atoms with Crippen molar-refractivity contribution in [2.45, 2.75) is 32.9 Å². The molecule has 0 aromatic carbocycles. The molecule has 18 heavy (non-hydrogen) atoms. The van der Waals surface area contributed by atoms with E-state index >= 15 is 0 Å². The van der Waals surface area contributed by atoms with E-state index in [4.69, 9.17) is 0 Å². The largest absolute Gasteiger partial charge is 0.321 e. The molecule has 0 aliphatic heterocycles. The lowest BCUT2D eigenvalue weighted by atomic mass is 10.3. The second-order valence-corrected chi connectivity index (χ2v) is 4.71. The highest BCUT2D eigenvalue weighted by atomic mass is 15.3. The second kappa shape index (κ2) is 5.77. The van der Waals surface area contributed by atoms with Gasteiger partial charge in [0.05, 0.1) is 6.20 Å². The molecule has 0 spiro atoms. The quantitative estimate of drug-likeness (QED) is 0.772. The Balaban J connectivity index is 1.73. The van der Waals surface area contributed by atoms with Crippen LogP contribution >= 0.6 is 0 Å². The van der Waals surface area contributed by atoms with Gasteiger partial charge in [-0.25, -0.2) is 0 Å². The summed E-state index contributed by atoms with van der Waals surface area (Å²) >= 11 is 0. The Bertz CT molecular complexity index is 484. The molecule has 0 aliphatic carbocycles. The molecule has 0 radical (unpaired) electrons. The maximum atomic E-state index is 4.31. The Kier molecular flexibility index (Phi) is 4.09. The van der Waals surface area contributed by atoms with Gasteiger partial charge in [-0.05, 0) is 13.8 Å². The first-order valence-corrected chi connectivity index (χ1v) is 6.23. The average Bonchev–Trinajstić information content (AvgIpc) is 2.94. The van der Waals surface area contributed by atoms with Crippen molar-refractivity contribution in [1.29, 1.82) is 0 Å². The SMILES string of the molecule is CC(C)n1cc(CNCCc2nncn2C)cn1. The fraction of sp³-hybridized carbons (Fsp3) is 0.583. The van der Waals surface area contributed by atoms with Crippen molar-refractivity contribution in [2.24, 2.45) is 7.05 Å². The Morgan fingerprint density at radius 2 is 2.22 bits per heavy atom. The zero-order chi connectivity index (χ0) is 13.0. The van der Waals surface area contributed by atoms with Crippen LogP contribution in [0.25, 0.3) is 0 Å².